The zero-order valence-electron chi connectivity index (χ0n) is 12.4. The molecule has 0 bridgehead atoms. The lowest BCUT2D eigenvalue weighted by atomic mass is 10.2. The number of methoxy groups -OCH3 is 1. The monoisotopic (exact) mass is 265 g/mol. The number of hydrogen-bond donors (Lipinski definition) is 1. The van der Waals surface area contributed by atoms with E-state index in [4.69, 9.17) is 9.47 Å². The number of unbranched alkanes of at least 4 members (excludes halogenated alkanes) is 2. The summed E-state index contributed by atoms with van der Waals surface area (Å²) in [6.45, 7) is 6.95. The van der Waals surface area contributed by atoms with Gasteiger partial charge in [-0.15, -0.1) is 0 Å². The van der Waals surface area contributed by atoms with E-state index in [9.17, 15) is 0 Å². The highest BCUT2D eigenvalue weighted by Gasteiger charge is 2.03. The van der Waals surface area contributed by atoms with E-state index in [1.165, 1.54) is 19.3 Å². The van der Waals surface area contributed by atoms with E-state index in [-0.39, 0.29) is 6.10 Å². The Balaban J connectivity index is 2.16. The number of benzene rings is 1. The van der Waals surface area contributed by atoms with Gasteiger partial charge in [-0.1, -0.05) is 31.9 Å². The zero-order chi connectivity index (χ0) is 13.9. The van der Waals surface area contributed by atoms with Crippen molar-refractivity contribution >= 4 is 0 Å². The van der Waals surface area contributed by atoms with Crippen LogP contribution in [-0.4, -0.2) is 26.3 Å². The van der Waals surface area contributed by atoms with Crippen LogP contribution in [0.4, 0.5) is 0 Å². The van der Waals surface area contributed by atoms with Crippen molar-refractivity contribution in [2.24, 2.45) is 0 Å². The summed E-state index contributed by atoms with van der Waals surface area (Å²) >= 11 is 0. The van der Waals surface area contributed by atoms with Gasteiger partial charge in [-0.2, -0.15) is 0 Å². The summed E-state index contributed by atoms with van der Waals surface area (Å²) in [4.78, 5) is 0. The quantitative estimate of drug-likeness (QED) is 0.658. The first-order valence-corrected chi connectivity index (χ1v) is 7.21. The Morgan fingerprint density at radius 1 is 1.26 bits per heavy atom. The second kappa shape index (κ2) is 9.82. The zero-order valence-corrected chi connectivity index (χ0v) is 12.4. The summed E-state index contributed by atoms with van der Waals surface area (Å²) in [5, 5.41) is 3.43. The molecule has 0 fully saturated rings. The minimum absolute atomic E-state index is 0.229. The summed E-state index contributed by atoms with van der Waals surface area (Å²) in [7, 11) is 1.68. The number of hydrogen-bond acceptors (Lipinski definition) is 3. The van der Waals surface area contributed by atoms with Gasteiger partial charge in [0.1, 0.15) is 5.75 Å². The molecule has 3 nitrogen and oxygen atoms in total. The Bertz CT molecular complexity index is 341. The normalized spacial score (nSPS) is 12.4. The van der Waals surface area contributed by atoms with Crippen molar-refractivity contribution in [1.29, 1.82) is 0 Å². The smallest absolute Gasteiger partial charge is 0.119 e. The number of rotatable bonds is 10. The van der Waals surface area contributed by atoms with Crippen LogP contribution in [0.25, 0.3) is 0 Å². The molecule has 0 saturated carbocycles. The molecule has 0 heterocycles. The predicted molar refractivity (Wildman–Crippen MR) is 79.6 cm³/mol. The van der Waals surface area contributed by atoms with Gasteiger partial charge in [0.2, 0.25) is 0 Å². The van der Waals surface area contributed by atoms with Crippen LogP contribution < -0.4 is 10.1 Å². The van der Waals surface area contributed by atoms with E-state index in [0.29, 0.717) is 6.61 Å². The van der Waals surface area contributed by atoms with Gasteiger partial charge in [-0.05, 0) is 37.6 Å². The standard InChI is InChI=1S/C16H27NO2/c1-4-5-6-10-17-12-14(2)19-13-15-8-7-9-16(11-15)18-3/h7-9,11,14,17H,4-6,10,12-13H2,1-3H3. The minimum atomic E-state index is 0.229. The molecule has 0 radical (unpaired) electrons. The molecule has 1 N–H and O–H groups in total. The average Bonchev–Trinajstić information content (AvgIpc) is 2.45. The first kappa shape index (κ1) is 16.0. The molecule has 0 aliphatic heterocycles. The van der Waals surface area contributed by atoms with Crippen LogP contribution in [0.15, 0.2) is 24.3 Å². The summed E-state index contributed by atoms with van der Waals surface area (Å²) in [6, 6.07) is 8.01. The number of nitrogens with one attached hydrogen (secondary N) is 1. The van der Waals surface area contributed by atoms with Gasteiger partial charge in [0.15, 0.2) is 0 Å². The van der Waals surface area contributed by atoms with Crippen LogP contribution in [0, 0.1) is 0 Å². The van der Waals surface area contributed by atoms with E-state index >= 15 is 0 Å². The highest BCUT2D eigenvalue weighted by atomic mass is 16.5. The van der Waals surface area contributed by atoms with E-state index in [1.54, 1.807) is 7.11 Å². The van der Waals surface area contributed by atoms with Crippen LogP contribution in [0.3, 0.4) is 0 Å². The maximum Gasteiger partial charge on any atom is 0.119 e. The van der Waals surface area contributed by atoms with E-state index in [0.717, 1.165) is 24.4 Å². The molecule has 19 heavy (non-hydrogen) atoms. The van der Waals surface area contributed by atoms with Crippen molar-refractivity contribution in [3.05, 3.63) is 29.8 Å². The van der Waals surface area contributed by atoms with Crippen LogP contribution in [0.5, 0.6) is 5.75 Å². The molecule has 0 spiro atoms. The van der Waals surface area contributed by atoms with Gasteiger partial charge in [-0.25, -0.2) is 0 Å². The van der Waals surface area contributed by atoms with Crippen LogP contribution in [0.2, 0.25) is 0 Å². The van der Waals surface area contributed by atoms with E-state index in [2.05, 4.69) is 25.2 Å². The Kier molecular flexibility index (Phi) is 8.26. The Labute approximate surface area is 117 Å². The fourth-order valence-electron chi connectivity index (χ4n) is 1.86. The fraction of sp³-hybridized carbons (Fsp3) is 0.625. The Morgan fingerprint density at radius 2 is 2.11 bits per heavy atom. The maximum atomic E-state index is 5.82. The summed E-state index contributed by atoms with van der Waals surface area (Å²) in [5.74, 6) is 0.881. The molecule has 0 amide bonds. The van der Waals surface area contributed by atoms with E-state index in [1.807, 2.05) is 18.2 Å². The van der Waals surface area contributed by atoms with Gasteiger partial charge in [0, 0.05) is 6.54 Å². The van der Waals surface area contributed by atoms with Gasteiger partial charge in [0.05, 0.1) is 19.8 Å². The second-order valence-corrected chi connectivity index (χ2v) is 4.88. The first-order valence-electron chi connectivity index (χ1n) is 7.21. The molecular weight excluding hydrogens is 238 g/mol. The Morgan fingerprint density at radius 3 is 2.84 bits per heavy atom. The fourth-order valence-corrected chi connectivity index (χ4v) is 1.86. The van der Waals surface area contributed by atoms with Gasteiger partial charge in [-0.3, -0.25) is 0 Å². The predicted octanol–water partition coefficient (Wildman–Crippen LogP) is 3.38. The lowest BCUT2D eigenvalue weighted by Crippen LogP contribution is -2.27. The molecule has 3 heteroatoms. The van der Waals surface area contributed by atoms with Crippen molar-refractivity contribution in [3.63, 3.8) is 0 Å². The molecule has 1 aromatic rings. The third-order valence-electron chi connectivity index (χ3n) is 3.06. The summed E-state index contributed by atoms with van der Waals surface area (Å²) in [5.41, 5.74) is 1.15. The van der Waals surface area contributed by atoms with Crippen LogP contribution in [-0.2, 0) is 11.3 Å². The molecule has 1 aromatic carbocycles. The number of ether oxygens (including phenoxy) is 2. The summed E-state index contributed by atoms with van der Waals surface area (Å²) in [6.07, 6.45) is 4.04. The van der Waals surface area contributed by atoms with Crippen LogP contribution in [0.1, 0.15) is 38.7 Å². The SMILES string of the molecule is CCCCCNCC(C)OCc1cccc(OC)c1. The van der Waals surface area contributed by atoms with Crippen molar-refractivity contribution in [2.45, 2.75) is 45.8 Å². The third-order valence-corrected chi connectivity index (χ3v) is 3.06. The highest BCUT2D eigenvalue weighted by Crippen LogP contribution is 2.13. The molecule has 1 rings (SSSR count). The average molecular weight is 265 g/mol. The second-order valence-electron chi connectivity index (χ2n) is 4.88. The summed E-state index contributed by atoms with van der Waals surface area (Å²) < 4.78 is 11.0. The van der Waals surface area contributed by atoms with Crippen molar-refractivity contribution in [3.8, 4) is 5.75 Å². The van der Waals surface area contributed by atoms with Gasteiger partial charge < -0.3 is 14.8 Å². The molecule has 0 saturated heterocycles. The molecule has 0 aliphatic rings. The lowest BCUT2D eigenvalue weighted by molar-refractivity contribution is 0.0532. The van der Waals surface area contributed by atoms with Gasteiger partial charge >= 0.3 is 0 Å². The van der Waals surface area contributed by atoms with Crippen molar-refractivity contribution in [2.75, 3.05) is 20.2 Å². The molecule has 0 aromatic heterocycles. The van der Waals surface area contributed by atoms with Crippen molar-refractivity contribution in [1.82, 2.24) is 5.32 Å². The van der Waals surface area contributed by atoms with Gasteiger partial charge in [0.25, 0.3) is 0 Å². The molecule has 0 aliphatic carbocycles. The minimum Gasteiger partial charge on any atom is -0.497 e. The van der Waals surface area contributed by atoms with Crippen LogP contribution >= 0.6 is 0 Å². The molecule has 1 atom stereocenters. The maximum absolute atomic E-state index is 5.82. The third kappa shape index (κ3) is 7.19. The van der Waals surface area contributed by atoms with E-state index < -0.39 is 0 Å². The lowest BCUT2D eigenvalue weighted by Gasteiger charge is -2.14. The molecule has 1 unspecified atom stereocenters. The molecular formula is C16H27NO2. The molecule has 108 valence electrons. The van der Waals surface area contributed by atoms with Crippen molar-refractivity contribution < 1.29 is 9.47 Å². The first-order chi connectivity index (χ1) is 9.26. The topological polar surface area (TPSA) is 30.5 Å². The Hall–Kier alpha value is -1.06. The highest BCUT2D eigenvalue weighted by molar-refractivity contribution is 5.27. The largest absolute Gasteiger partial charge is 0.497 e.